The van der Waals surface area contributed by atoms with Gasteiger partial charge in [0.2, 0.25) is 10.0 Å². The van der Waals surface area contributed by atoms with Crippen LogP contribution in [-0.2, 0) is 15.8 Å². The van der Waals surface area contributed by atoms with Crippen molar-refractivity contribution >= 4 is 21.7 Å². The molecular formula is C19H23F2N5O2S. The van der Waals surface area contributed by atoms with Crippen LogP contribution in [-0.4, -0.2) is 62.2 Å². The molecule has 0 spiro atoms. The van der Waals surface area contributed by atoms with Crippen molar-refractivity contribution in [3.8, 4) is 0 Å². The van der Waals surface area contributed by atoms with E-state index in [4.69, 9.17) is 0 Å². The largest absolute Gasteiger partial charge is 0.355 e. The Morgan fingerprint density at radius 1 is 0.793 bits per heavy atom. The number of benzene rings is 1. The first kappa shape index (κ1) is 20.0. The molecule has 3 heterocycles. The quantitative estimate of drug-likeness (QED) is 0.733. The summed E-state index contributed by atoms with van der Waals surface area (Å²) in [5.74, 6) is -0.398. The highest BCUT2D eigenvalue weighted by atomic mass is 32.2. The van der Waals surface area contributed by atoms with E-state index in [1.165, 1.54) is 17.1 Å². The SMILES string of the molecule is O=S(=O)(Cc1cc(F)cc(F)c1)N1CCN(c2ccc(N3CCCC3)nn2)CC1. The fourth-order valence-electron chi connectivity index (χ4n) is 3.79. The lowest BCUT2D eigenvalue weighted by atomic mass is 10.2. The van der Waals surface area contributed by atoms with Gasteiger partial charge in [0.25, 0.3) is 0 Å². The summed E-state index contributed by atoms with van der Waals surface area (Å²) in [4.78, 5) is 4.20. The van der Waals surface area contributed by atoms with Crippen molar-refractivity contribution in [1.82, 2.24) is 14.5 Å². The molecule has 10 heteroatoms. The fraction of sp³-hybridized carbons (Fsp3) is 0.474. The molecule has 2 aromatic rings. The molecule has 0 aliphatic carbocycles. The summed E-state index contributed by atoms with van der Waals surface area (Å²) >= 11 is 0. The van der Waals surface area contributed by atoms with Crippen molar-refractivity contribution < 1.29 is 17.2 Å². The Morgan fingerprint density at radius 3 is 1.83 bits per heavy atom. The first-order chi connectivity index (χ1) is 13.9. The minimum Gasteiger partial charge on any atom is -0.355 e. The molecule has 29 heavy (non-hydrogen) atoms. The summed E-state index contributed by atoms with van der Waals surface area (Å²) in [5, 5.41) is 8.61. The van der Waals surface area contributed by atoms with Gasteiger partial charge in [-0.05, 0) is 42.7 Å². The van der Waals surface area contributed by atoms with Gasteiger partial charge in [-0.15, -0.1) is 10.2 Å². The Kier molecular flexibility index (Phi) is 5.64. The van der Waals surface area contributed by atoms with Crippen LogP contribution in [0.25, 0.3) is 0 Å². The van der Waals surface area contributed by atoms with Gasteiger partial charge < -0.3 is 9.80 Å². The highest BCUT2D eigenvalue weighted by molar-refractivity contribution is 7.88. The van der Waals surface area contributed by atoms with Crippen molar-refractivity contribution in [2.24, 2.45) is 0 Å². The van der Waals surface area contributed by atoms with Crippen molar-refractivity contribution in [3.63, 3.8) is 0 Å². The third-order valence-electron chi connectivity index (χ3n) is 5.29. The Bertz CT molecular complexity index is 937. The molecule has 2 aliphatic rings. The van der Waals surface area contributed by atoms with Crippen LogP contribution in [0.1, 0.15) is 18.4 Å². The number of hydrogen-bond acceptors (Lipinski definition) is 6. The minimum atomic E-state index is -3.66. The lowest BCUT2D eigenvalue weighted by Crippen LogP contribution is -2.49. The molecule has 0 amide bonds. The minimum absolute atomic E-state index is 0.105. The maximum absolute atomic E-state index is 13.3. The molecule has 1 aromatic heterocycles. The summed E-state index contributed by atoms with van der Waals surface area (Å²) in [6.07, 6.45) is 2.34. The Labute approximate surface area is 169 Å². The van der Waals surface area contributed by atoms with Crippen LogP contribution >= 0.6 is 0 Å². The molecule has 2 aliphatic heterocycles. The van der Waals surface area contributed by atoms with Crippen LogP contribution in [0.4, 0.5) is 20.4 Å². The van der Waals surface area contributed by atoms with Crippen LogP contribution in [0.5, 0.6) is 0 Å². The molecule has 0 bridgehead atoms. The normalized spacial score (nSPS) is 18.4. The Hall–Kier alpha value is -2.33. The molecule has 1 aromatic carbocycles. The lowest BCUT2D eigenvalue weighted by Gasteiger charge is -2.34. The zero-order valence-electron chi connectivity index (χ0n) is 16.0. The first-order valence-corrected chi connectivity index (χ1v) is 11.3. The van der Waals surface area contributed by atoms with Crippen molar-refractivity contribution in [2.45, 2.75) is 18.6 Å². The smallest absolute Gasteiger partial charge is 0.218 e. The van der Waals surface area contributed by atoms with Crippen LogP contribution in [0, 0.1) is 11.6 Å². The molecule has 0 saturated carbocycles. The molecule has 7 nitrogen and oxygen atoms in total. The third-order valence-corrected chi connectivity index (χ3v) is 7.14. The number of hydrogen-bond donors (Lipinski definition) is 0. The fourth-order valence-corrected chi connectivity index (χ4v) is 5.28. The zero-order chi connectivity index (χ0) is 20.4. The predicted octanol–water partition coefficient (Wildman–Crippen LogP) is 2.01. The van der Waals surface area contributed by atoms with Crippen LogP contribution in [0.2, 0.25) is 0 Å². The van der Waals surface area contributed by atoms with Crippen LogP contribution < -0.4 is 9.80 Å². The molecule has 0 radical (unpaired) electrons. The highest BCUT2D eigenvalue weighted by Gasteiger charge is 2.28. The van der Waals surface area contributed by atoms with Gasteiger partial charge >= 0.3 is 0 Å². The van der Waals surface area contributed by atoms with E-state index in [2.05, 4.69) is 15.1 Å². The van der Waals surface area contributed by atoms with Crippen molar-refractivity contribution in [3.05, 3.63) is 47.5 Å². The summed E-state index contributed by atoms with van der Waals surface area (Å²) in [7, 11) is -3.66. The van der Waals surface area contributed by atoms with E-state index in [-0.39, 0.29) is 18.7 Å². The van der Waals surface area contributed by atoms with E-state index in [1.807, 2.05) is 17.0 Å². The molecule has 2 saturated heterocycles. The lowest BCUT2D eigenvalue weighted by molar-refractivity contribution is 0.383. The molecule has 0 N–H and O–H groups in total. The number of aromatic nitrogens is 2. The number of rotatable bonds is 5. The number of nitrogens with zero attached hydrogens (tertiary/aromatic N) is 5. The van der Waals surface area contributed by atoms with Gasteiger partial charge in [-0.3, -0.25) is 0 Å². The second-order valence-corrected chi connectivity index (χ2v) is 9.33. The third kappa shape index (κ3) is 4.64. The predicted molar refractivity (Wildman–Crippen MR) is 106 cm³/mol. The summed E-state index contributed by atoms with van der Waals surface area (Å²) in [6, 6.07) is 6.70. The van der Waals surface area contributed by atoms with E-state index in [9.17, 15) is 17.2 Å². The van der Waals surface area contributed by atoms with Crippen molar-refractivity contribution in [2.75, 3.05) is 49.1 Å². The van der Waals surface area contributed by atoms with E-state index in [0.29, 0.717) is 13.1 Å². The number of piperazine rings is 1. The van der Waals surface area contributed by atoms with Gasteiger partial charge in [0.05, 0.1) is 5.75 Å². The van der Waals surface area contributed by atoms with Crippen LogP contribution in [0.3, 0.4) is 0 Å². The van der Waals surface area contributed by atoms with E-state index < -0.39 is 27.4 Å². The molecule has 2 fully saturated rings. The Morgan fingerprint density at radius 2 is 1.31 bits per heavy atom. The molecule has 0 unspecified atom stereocenters. The summed E-state index contributed by atoms with van der Waals surface area (Å²) in [5.41, 5.74) is 0.105. The van der Waals surface area contributed by atoms with E-state index in [1.54, 1.807) is 0 Å². The van der Waals surface area contributed by atoms with Gasteiger partial charge in [-0.2, -0.15) is 4.31 Å². The van der Waals surface area contributed by atoms with E-state index in [0.717, 1.165) is 42.9 Å². The van der Waals surface area contributed by atoms with Gasteiger partial charge in [0.1, 0.15) is 11.6 Å². The second kappa shape index (κ2) is 8.19. The summed E-state index contributed by atoms with van der Waals surface area (Å²) < 4.78 is 53.3. The number of halogens is 2. The average molecular weight is 423 g/mol. The first-order valence-electron chi connectivity index (χ1n) is 9.67. The topological polar surface area (TPSA) is 69.6 Å². The van der Waals surface area contributed by atoms with E-state index >= 15 is 0 Å². The Balaban J connectivity index is 1.37. The molecule has 4 rings (SSSR count). The van der Waals surface area contributed by atoms with Gasteiger partial charge in [-0.25, -0.2) is 17.2 Å². The standard InChI is InChI=1S/C19H23F2N5O2S/c20-16-11-15(12-17(21)13-16)14-29(27,28)26-9-7-25(8-10-26)19-4-3-18(22-23-19)24-5-1-2-6-24/h3-4,11-13H,1-2,5-10,14H2. The highest BCUT2D eigenvalue weighted by Crippen LogP contribution is 2.21. The maximum atomic E-state index is 13.3. The molecule has 156 valence electrons. The zero-order valence-corrected chi connectivity index (χ0v) is 16.8. The second-order valence-electron chi connectivity index (χ2n) is 7.36. The monoisotopic (exact) mass is 423 g/mol. The van der Waals surface area contributed by atoms with Crippen molar-refractivity contribution in [1.29, 1.82) is 0 Å². The number of anilines is 2. The number of sulfonamides is 1. The van der Waals surface area contributed by atoms with Crippen LogP contribution in [0.15, 0.2) is 30.3 Å². The molecular weight excluding hydrogens is 400 g/mol. The van der Waals surface area contributed by atoms with Gasteiger partial charge in [0, 0.05) is 45.3 Å². The molecule has 0 atom stereocenters. The summed E-state index contributed by atoms with van der Waals surface area (Å²) in [6.45, 7) is 3.54. The van der Waals surface area contributed by atoms with Gasteiger partial charge in [0.15, 0.2) is 11.6 Å². The average Bonchev–Trinajstić information content (AvgIpc) is 3.22. The van der Waals surface area contributed by atoms with Gasteiger partial charge in [-0.1, -0.05) is 0 Å². The maximum Gasteiger partial charge on any atom is 0.218 e.